The summed E-state index contributed by atoms with van der Waals surface area (Å²) >= 11 is 3.31. The number of nitrogens with zero attached hydrogens (tertiary/aromatic N) is 1. The van der Waals surface area contributed by atoms with Crippen LogP contribution in [0.1, 0.15) is 26.2 Å². The predicted molar refractivity (Wildman–Crippen MR) is 64.1 cm³/mol. The monoisotopic (exact) mass is 274 g/mol. The summed E-state index contributed by atoms with van der Waals surface area (Å²) in [5, 5.41) is 3.15. The van der Waals surface area contributed by atoms with E-state index in [1.807, 2.05) is 6.92 Å². The lowest BCUT2D eigenvalue weighted by Gasteiger charge is -2.48. The molecule has 0 radical (unpaired) electrons. The zero-order valence-electron chi connectivity index (χ0n) is 9.37. The van der Waals surface area contributed by atoms with Crippen LogP contribution in [0.3, 0.4) is 0 Å². The van der Waals surface area contributed by atoms with Gasteiger partial charge < -0.3 is 10.2 Å². The summed E-state index contributed by atoms with van der Waals surface area (Å²) in [5.74, 6) is 0.914. The molecular formula is C11H19BrN2O. The number of rotatable bonds is 2. The number of halogens is 1. The Morgan fingerprint density at radius 2 is 2.27 bits per heavy atom. The normalized spacial score (nSPS) is 37.7. The van der Waals surface area contributed by atoms with Gasteiger partial charge in [0, 0.05) is 18.6 Å². The summed E-state index contributed by atoms with van der Waals surface area (Å²) in [6, 6.07) is 0.931. The van der Waals surface area contributed by atoms with Crippen molar-refractivity contribution in [2.75, 3.05) is 13.6 Å². The van der Waals surface area contributed by atoms with Crippen LogP contribution in [0, 0.1) is 5.92 Å². The number of likely N-dealkylation sites (N-methyl/N-ethyl adjacent to an activating group) is 1. The van der Waals surface area contributed by atoms with Crippen molar-refractivity contribution in [1.82, 2.24) is 10.2 Å². The predicted octanol–water partition coefficient (Wildman–Crippen LogP) is 1.37. The quantitative estimate of drug-likeness (QED) is 0.772. The number of amides is 1. The molecule has 0 aromatic carbocycles. The number of nitrogens with one attached hydrogen (secondary N) is 1. The van der Waals surface area contributed by atoms with Crippen LogP contribution in [0.4, 0.5) is 0 Å². The van der Waals surface area contributed by atoms with Gasteiger partial charge in [-0.2, -0.15) is 0 Å². The van der Waals surface area contributed by atoms with Crippen LogP contribution >= 0.6 is 15.9 Å². The molecule has 2 saturated heterocycles. The molecule has 2 bridgehead atoms. The zero-order valence-corrected chi connectivity index (χ0v) is 11.0. The Labute approximate surface area is 99.7 Å². The van der Waals surface area contributed by atoms with Crippen molar-refractivity contribution in [2.24, 2.45) is 5.92 Å². The molecule has 3 fully saturated rings. The average Bonchev–Trinajstić information content (AvgIpc) is 2.17. The maximum absolute atomic E-state index is 11.6. The van der Waals surface area contributed by atoms with Crippen molar-refractivity contribution in [3.8, 4) is 0 Å². The van der Waals surface area contributed by atoms with Crippen molar-refractivity contribution >= 4 is 21.8 Å². The van der Waals surface area contributed by atoms with Gasteiger partial charge in [-0.1, -0.05) is 15.9 Å². The standard InChI is InChI=1S/C11H19BrN2O/c1-7(12)11(15)13-9-5-8-3-4-10(9)14(2)6-8/h7-10H,3-6H2,1-2H3,(H,13,15). The van der Waals surface area contributed by atoms with E-state index in [2.05, 4.69) is 33.2 Å². The number of fused-ring (bicyclic) bond motifs is 3. The van der Waals surface area contributed by atoms with Crippen molar-refractivity contribution in [1.29, 1.82) is 0 Å². The minimum atomic E-state index is -0.0803. The fraction of sp³-hybridized carbons (Fsp3) is 0.909. The number of carbonyl (C=O) groups excluding carboxylic acids is 1. The molecule has 1 saturated carbocycles. The average molecular weight is 275 g/mol. The third-order valence-electron chi connectivity index (χ3n) is 3.72. The molecule has 4 heteroatoms. The first kappa shape index (κ1) is 11.4. The summed E-state index contributed by atoms with van der Waals surface area (Å²) < 4.78 is 0. The Kier molecular flexibility index (Phi) is 3.36. The van der Waals surface area contributed by atoms with E-state index < -0.39 is 0 Å². The van der Waals surface area contributed by atoms with Gasteiger partial charge in [-0.15, -0.1) is 0 Å². The van der Waals surface area contributed by atoms with E-state index in [0.29, 0.717) is 12.1 Å². The molecule has 0 aromatic heterocycles. The first-order valence-electron chi connectivity index (χ1n) is 5.72. The molecule has 86 valence electrons. The van der Waals surface area contributed by atoms with E-state index in [1.165, 1.54) is 25.8 Å². The number of piperidine rings is 2. The highest BCUT2D eigenvalue weighted by molar-refractivity contribution is 9.10. The molecule has 2 heterocycles. The molecule has 0 aromatic rings. The largest absolute Gasteiger partial charge is 0.351 e. The second-order valence-electron chi connectivity index (χ2n) is 4.92. The molecule has 1 N–H and O–H groups in total. The molecule has 2 aliphatic heterocycles. The van der Waals surface area contributed by atoms with Gasteiger partial charge >= 0.3 is 0 Å². The lowest BCUT2D eigenvalue weighted by Crippen LogP contribution is -2.60. The van der Waals surface area contributed by atoms with Crippen LogP contribution in [0.5, 0.6) is 0 Å². The van der Waals surface area contributed by atoms with E-state index in [-0.39, 0.29) is 10.7 Å². The Bertz CT molecular complexity index is 257. The highest BCUT2D eigenvalue weighted by atomic mass is 79.9. The molecule has 0 spiro atoms. The molecule has 4 unspecified atom stereocenters. The fourth-order valence-electron chi connectivity index (χ4n) is 2.93. The van der Waals surface area contributed by atoms with Gasteiger partial charge in [0.2, 0.25) is 5.91 Å². The number of carbonyl (C=O) groups is 1. The fourth-order valence-corrected chi connectivity index (χ4v) is 3.06. The zero-order chi connectivity index (χ0) is 11.0. The molecule has 3 rings (SSSR count). The van der Waals surface area contributed by atoms with E-state index >= 15 is 0 Å². The minimum absolute atomic E-state index is 0.0803. The van der Waals surface area contributed by atoms with E-state index in [9.17, 15) is 4.79 Å². The van der Waals surface area contributed by atoms with Crippen molar-refractivity contribution < 1.29 is 4.79 Å². The molecule has 4 atom stereocenters. The third kappa shape index (κ3) is 2.36. The SMILES string of the molecule is CC(Br)C(=O)NC1CC2CCC1N(C)C2. The topological polar surface area (TPSA) is 32.3 Å². The van der Waals surface area contributed by atoms with Crippen molar-refractivity contribution in [3.63, 3.8) is 0 Å². The highest BCUT2D eigenvalue weighted by Crippen LogP contribution is 2.34. The van der Waals surface area contributed by atoms with E-state index in [1.54, 1.807) is 0 Å². The summed E-state index contributed by atoms with van der Waals surface area (Å²) in [6.07, 6.45) is 3.74. The molecule has 1 aliphatic carbocycles. The minimum Gasteiger partial charge on any atom is -0.351 e. The third-order valence-corrected chi connectivity index (χ3v) is 4.14. The summed E-state index contributed by atoms with van der Waals surface area (Å²) in [6.45, 7) is 3.08. The van der Waals surface area contributed by atoms with Crippen molar-refractivity contribution in [2.45, 2.75) is 43.1 Å². The van der Waals surface area contributed by atoms with Crippen molar-refractivity contribution in [3.05, 3.63) is 0 Å². The Balaban J connectivity index is 1.96. The molecular weight excluding hydrogens is 256 g/mol. The maximum atomic E-state index is 11.6. The smallest absolute Gasteiger partial charge is 0.233 e. The Hall–Kier alpha value is -0.0900. The van der Waals surface area contributed by atoms with Crippen LogP contribution in [0.15, 0.2) is 0 Å². The van der Waals surface area contributed by atoms with Crippen LogP contribution in [-0.4, -0.2) is 41.3 Å². The number of hydrogen-bond acceptors (Lipinski definition) is 2. The van der Waals surface area contributed by atoms with Gasteiger partial charge in [0.05, 0.1) is 4.83 Å². The van der Waals surface area contributed by atoms with E-state index in [0.717, 1.165) is 5.92 Å². The first-order chi connectivity index (χ1) is 7.08. The van der Waals surface area contributed by atoms with Crippen LogP contribution < -0.4 is 5.32 Å². The summed E-state index contributed by atoms with van der Waals surface area (Å²) in [4.78, 5) is 13.9. The molecule has 15 heavy (non-hydrogen) atoms. The lowest BCUT2D eigenvalue weighted by molar-refractivity contribution is -0.122. The Morgan fingerprint density at radius 3 is 2.80 bits per heavy atom. The molecule has 3 aliphatic rings. The maximum Gasteiger partial charge on any atom is 0.233 e. The van der Waals surface area contributed by atoms with Gasteiger partial charge in [-0.3, -0.25) is 4.79 Å². The van der Waals surface area contributed by atoms with Gasteiger partial charge in [0.15, 0.2) is 0 Å². The highest BCUT2D eigenvalue weighted by Gasteiger charge is 2.39. The van der Waals surface area contributed by atoms with Crippen LogP contribution in [0.2, 0.25) is 0 Å². The summed E-state index contributed by atoms with van der Waals surface area (Å²) in [7, 11) is 2.17. The van der Waals surface area contributed by atoms with Crippen LogP contribution in [-0.2, 0) is 4.79 Å². The van der Waals surface area contributed by atoms with E-state index in [4.69, 9.17) is 0 Å². The van der Waals surface area contributed by atoms with Gasteiger partial charge in [0.1, 0.15) is 0 Å². The number of alkyl halides is 1. The second-order valence-corrected chi connectivity index (χ2v) is 6.29. The number of hydrogen-bond donors (Lipinski definition) is 1. The first-order valence-corrected chi connectivity index (χ1v) is 6.64. The van der Waals surface area contributed by atoms with Gasteiger partial charge in [-0.05, 0) is 39.2 Å². The van der Waals surface area contributed by atoms with Gasteiger partial charge in [0.25, 0.3) is 0 Å². The molecule has 1 amide bonds. The second kappa shape index (κ2) is 4.42. The van der Waals surface area contributed by atoms with Gasteiger partial charge in [-0.25, -0.2) is 0 Å². The van der Waals surface area contributed by atoms with Crippen LogP contribution in [0.25, 0.3) is 0 Å². The Morgan fingerprint density at radius 1 is 1.53 bits per heavy atom. The lowest BCUT2D eigenvalue weighted by atomic mass is 9.77. The molecule has 3 nitrogen and oxygen atoms in total. The summed E-state index contributed by atoms with van der Waals surface area (Å²) in [5.41, 5.74) is 0.